The summed E-state index contributed by atoms with van der Waals surface area (Å²) in [5.74, 6) is -0.342. The molecular weight excluding hydrogens is 457 g/mol. The first-order valence-electron chi connectivity index (χ1n) is 9.71. The number of carbonyl (C=O) groups excluding carboxylic acids is 1. The van der Waals surface area contributed by atoms with Crippen molar-refractivity contribution in [3.8, 4) is 5.75 Å². The number of rotatable bonds is 7. The van der Waals surface area contributed by atoms with Gasteiger partial charge in [0.1, 0.15) is 12.3 Å². The van der Waals surface area contributed by atoms with Crippen molar-refractivity contribution in [1.82, 2.24) is 0 Å². The van der Waals surface area contributed by atoms with Gasteiger partial charge in [-0.15, -0.1) is 0 Å². The SMILES string of the molecule is COc1ccc(S(=O)(=O)N(CC(=O)Nc2cccc(C(F)(F)F)c2)c2ccc(C)cc2)cc1. The third-order valence-corrected chi connectivity index (χ3v) is 6.52. The van der Waals surface area contributed by atoms with E-state index in [0.29, 0.717) is 5.75 Å². The predicted molar refractivity (Wildman–Crippen MR) is 119 cm³/mol. The van der Waals surface area contributed by atoms with Crippen molar-refractivity contribution in [2.45, 2.75) is 18.0 Å². The molecule has 3 aromatic carbocycles. The summed E-state index contributed by atoms with van der Waals surface area (Å²) in [6.07, 6.45) is -4.58. The lowest BCUT2D eigenvalue weighted by Gasteiger charge is -2.24. The number of alkyl halides is 3. The molecule has 174 valence electrons. The molecule has 3 aromatic rings. The molecule has 0 aromatic heterocycles. The number of aryl methyl sites for hydroxylation is 1. The van der Waals surface area contributed by atoms with Crippen LogP contribution in [0.2, 0.25) is 0 Å². The molecule has 1 N–H and O–H groups in total. The van der Waals surface area contributed by atoms with Crippen LogP contribution in [0.5, 0.6) is 5.75 Å². The molecule has 0 aliphatic carbocycles. The van der Waals surface area contributed by atoms with E-state index in [4.69, 9.17) is 4.74 Å². The largest absolute Gasteiger partial charge is 0.497 e. The van der Waals surface area contributed by atoms with Gasteiger partial charge < -0.3 is 10.1 Å². The number of nitrogens with one attached hydrogen (secondary N) is 1. The van der Waals surface area contributed by atoms with E-state index >= 15 is 0 Å². The van der Waals surface area contributed by atoms with Gasteiger partial charge in [-0.1, -0.05) is 23.8 Å². The van der Waals surface area contributed by atoms with Gasteiger partial charge in [0.15, 0.2) is 0 Å². The number of halogens is 3. The zero-order valence-corrected chi connectivity index (χ0v) is 18.6. The summed E-state index contributed by atoms with van der Waals surface area (Å²) >= 11 is 0. The van der Waals surface area contributed by atoms with Gasteiger partial charge in [-0.05, 0) is 61.5 Å². The predicted octanol–water partition coefficient (Wildman–Crippen LogP) is 4.86. The highest BCUT2D eigenvalue weighted by Crippen LogP contribution is 2.31. The molecule has 1 amide bonds. The van der Waals surface area contributed by atoms with Gasteiger partial charge in [-0.25, -0.2) is 8.42 Å². The van der Waals surface area contributed by atoms with E-state index in [0.717, 1.165) is 28.1 Å². The first-order chi connectivity index (χ1) is 15.5. The van der Waals surface area contributed by atoms with Crippen LogP contribution in [-0.4, -0.2) is 28.0 Å². The molecule has 10 heteroatoms. The Hall–Kier alpha value is -3.53. The minimum atomic E-state index is -4.58. The summed E-state index contributed by atoms with van der Waals surface area (Å²) in [5.41, 5.74) is 0.0895. The van der Waals surface area contributed by atoms with Gasteiger partial charge in [0, 0.05) is 5.69 Å². The Kier molecular flexibility index (Phi) is 6.97. The van der Waals surface area contributed by atoms with Crippen LogP contribution >= 0.6 is 0 Å². The fourth-order valence-electron chi connectivity index (χ4n) is 3.01. The van der Waals surface area contributed by atoms with Crippen LogP contribution in [0.4, 0.5) is 24.5 Å². The Morgan fingerprint density at radius 3 is 2.21 bits per heavy atom. The fourth-order valence-corrected chi connectivity index (χ4v) is 4.43. The summed E-state index contributed by atoms with van der Waals surface area (Å²) in [6.45, 7) is 1.18. The first kappa shape index (κ1) is 24.1. The highest BCUT2D eigenvalue weighted by Gasteiger charge is 2.31. The number of anilines is 2. The minimum Gasteiger partial charge on any atom is -0.497 e. The third kappa shape index (κ3) is 5.83. The van der Waals surface area contributed by atoms with Crippen molar-refractivity contribution in [1.29, 1.82) is 0 Å². The molecule has 0 saturated heterocycles. The Morgan fingerprint density at radius 2 is 1.64 bits per heavy atom. The number of sulfonamides is 1. The standard InChI is InChI=1S/C23H21F3N2O4S/c1-16-6-8-19(9-7-16)28(33(30,31)21-12-10-20(32-2)11-13-21)15-22(29)27-18-5-3-4-17(14-18)23(24,25)26/h3-14H,15H2,1-2H3,(H,27,29). The lowest BCUT2D eigenvalue weighted by atomic mass is 10.2. The normalized spacial score (nSPS) is 11.7. The summed E-state index contributed by atoms with van der Waals surface area (Å²) in [6, 6.07) is 16.2. The summed E-state index contributed by atoms with van der Waals surface area (Å²) in [5, 5.41) is 2.34. The molecular formula is C23H21F3N2O4S. The Balaban J connectivity index is 1.92. The summed E-state index contributed by atoms with van der Waals surface area (Å²) in [4.78, 5) is 12.6. The van der Waals surface area contributed by atoms with Crippen molar-refractivity contribution >= 4 is 27.3 Å². The maximum atomic E-state index is 13.3. The number of methoxy groups -OCH3 is 1. The molecule has 0 heterocycles. The summed E-state index contributed by atoms with van der Waals surface area (Å²) < 4.78 is 71.5. The number of benzene rings is 3. The van der Waals surface area contributed by atoms with Crippen LogP contribution in [0.25, 0.3) is 0 Å². The van der Waals surface area contributed by atoms with Crippen molar-refractivity contribution in [3.05, 3.63) is 83.9 Å². The Labute approximate surface area is 189 Å². The van der Waals surface area contributed by atoms with Crippen LogP contribution in [0.15, 0.2) is 77.7 Å². The van der Waals surface area contributed by atoms with E-state index < -0.39 is 34.2 Å². The molecule has 0 saturated carbocycles. The maximum Gasteiger partial charge on any atom is 0.416 e. The second-order valence-corrected chi connectivity index (χ2v) is 9.01. The van der Waals surface area contributed by atoms with Gasteiger partial charge in [0.05, 0.1) is 23.3 Å². The maximum absolute atomic E-state index is 13.3. The van der Waals surface area contributed by atoms with E-state index in [-0.39, 0.29) is 16.3 Å². The van der Waals surface area contributed by atoms with E-state index in [2.05, 4.69) is 5.32 Å². The van der Waals surface area contributed by atoms with Gasteiger partial charge in [0.25, 0.3) is 10.0 Å². The second-order valence-electron chi connectivity index (χ2n) is 7.15. The number of hydrogen-bond acceptors (Lipinski definition) is 4. The van der Waals surface area contributed by atoms with Crippen molar-refractivity contribution in [3.63, 3.8) is 0 Å². The zero-order chi connectivity index (χ0) is 24.2. The van der Waals surface area contributed by atoms with Crippen LogP contribution < -0.4 is 14.4 Å². The zero-order valence-electron chi connectivity index (χ0n) is 17.8. The summed E-state index contributed by atoms with van der Waals surface area (Å²) in [7, 11) is -2.73. The minimum absolute atomic E-state index is 0.0734. The number of amides is 1. The molecule has 0 aliphatic heterocycles. The number of carbonyl (C=O) groups is 1. The monoisotopic (exact) mass is 478 g/mol. The Morgan fingerprint density at radius 1 is 1.00 bits per heavy atom. The molecule has 3 rings (SSSR count). The smallest absolute Gasteiger partial charge is 0.416 e. The number of nitrogens with zero attached hydrogens (tertiary/aromatic N) is 1. The fraction of sp³-hybridized carbons (Fsp3) is 0.174. The van der Waals surface area contributed by atoms with Gasteiger partial charge >= 0.3 is 6.18 Å². The third-order valence-electron chi connectivity index (χ3n) is 4.73. The molecule has 0 radical (unpaired) electrons. The highest BCUT2D eigenvalue weighted by molar-refractivity contribution is 7.92. The van der Waals surface area contributed by atoms with Gasteiger partial charge in [-0.3, -0.25) is 9.10 Å². The van der Waals surface area contributed by atoms with Crippen LogP contribution in [-0.2, 0) is 21.0 Å². The molecule has 0 fully saturated rings. The van der Waals surface area contributed by atoms with Crippen LogP contribution in [0.1, 0.15) is 11.1 Å². The molecule has 33 heavy (non-hydrogen) atoms. The average Bonchev–Trinajstić information content (AvgIpc) is 2.78. The van der Waals surface area contributed by atoms with Crippen LogP contribution in [0.3, 0.4) is 0 Å². The Bertz CT molecular complexity index is 1230. The second kappa shape index (κ2) is 9.53. The molecule has 0 unspecified atom stereocenters. The number of ether oxygens (including phenoxy) is 1. The molecule has 0 aliphatic rings. The van der Waals surface area contributed by atoms with Gasteiger partial charge in [0.2, 0.25) is 5.91 Å². The van der Waals surface area contributed by atoms with Gasteiger partial charge in [-0.2, -0.15) is 13.2 Å². The van der Waals surface area contributed by atoms with Crippen LogP contribution in [0, 0.1) is 6.92 Å². The molecule has 0 bridgehead atoms. The van der Waals surface area contributed by atoms with Crippen molar-refractivity contribution in [2.24, 2.45) is 0 Å². The van der Waals surface area contributed by atoms with E-state index in [1.165, 1.54) is 37.4 Å². The molecule has 6 nitrogen and oxygen atoms in total. The number of hydrogen-bond donors (Lipinski definition) is 1. The van der Waals surface area contributed by atoms with Crippen molar-refractivity contribution < 1.29 is 31.1 Å². The highest BCUT2D eigenvalue weighted by atomic mass is 32.2. The topological polar surface area (TPSA) is 75.7 Å². The quantitative estimate of drug-likeness (QED) is 0.527. The lowest BCUT2D eigenvalue weighted by Crippen LogP contribution is -2.38. The lowest BCUT2D eigenvalue weighted by molar-refractivity contribution is -0.137. The van der Waals surface area contributed by atoms with E-state index in [1.54, 1.807) is 24.3 Å². The van der Waals surface area contributed by atoms with Crippen molar-refractivity contribution in [2.75, 3.05) is 23.3 Å². The first-order valence-corrected chi connectivity index (χ1v) is 11.2. The molecule has 0 atom stereocenters. The average molecular weight is 478 g/mol. The van der Waals surface area contributed by atoms with E-state index in [1.807, 2.05) is 6.92 Å². The van der Waals surface area contributed by atoms with E-state index in [9.17, 15) is 26.4 Å². The molecule has 0 spiro atoms.